The van der Waals surface area contributed by atoms with Crippen LogP contribution >= 0.6 is 0 Å². The van der Waals surface area contributed by atoms with Gasteiger partial charge in [-0.2, -0.15) is 0 Å². The van der Waals surface area contributed by atoms with Gasteiger partial charge in [-0.05, 0) is 49.9 Å². The zero-order valence-electron chi connectivity index (χ0n) is 12.2. The maximum Gasteiger partial charge on any atom is 0.141 e. The van der Waals surface area contributed by atoms with Crippen LogP contribution in [-0.4, -0.2) is 31.1 Å². The molecule has 1 aromatic rings. The molecule has 0 amide bonds. The summed E-state index contributed by atoms with van der Waals surface area (Å²) in [6.07, 6.45) is 6.45. The quantitative estimate of drug-likeness (QED) is 0.829. The fourth-order valence-electron chi connectivity index (χ4n) is 3.03. The molecule has 3 heteroatoms. The van der Waals surface area contributed by atoms with E-state index < -0.39 is 0 Å². The molecule has 1 aliphatic heterocycles. The third-order valence-electron chi connectivity index (χ3n) is 4.20. The van der Waals surface area contributed by atoms with Crippen molar-refractivity contribution in [2.24, 2.45) is 0 Å². The summed E-state index contributed by atoms with van der Waals surface area (Å²) in [5, 5.41) is 0. The molecular weight excluding hydrogens is 236 g/mol. The molecule has 1 unspecified atom stereocenters. The van der Waals surface area contributed by atoms with Gasteiger partial charge in [-0.25, -0.2) is 0 Å². The van der Waals surface area contributed by atoms with Crippen molar-refractivity contribution >= 4 is 5.69 Å². The Balaban J connectivity index is 1.92. The summed E-state index contributed by atoms with van der Waals surface area (Å²) in [6.45, 7) is 4.70. The lowest BCUT2D eigenvalue weighted by atomic mass is 9.99. The Bertz CT molecular complexity index is 406. The van der Waals surface area contributed by atoms with Crippen LogP contribution < -0.4 is 10.5 Å². The Labute approximate surface area is 116 Å². The highest BCUT2D eigenvalue weighted by Gasteiger charge is 2.20. The Kier molecular flexibility index (Phi) is 5.08. The molecule has 0 spiro atoms. The van der Waals surface area contributed by atoms with Crippen molar-refractivity contribution < 1.29 is 4.74 Å². The van der Waals surface area contributed by atoms with E-state index in [0.717, 1.165) is 30.4 Å². The number of anilines is 1. The Morgan fingerprint density at radius 2 is 2.21 bits per heavy atom. The molecule has 2 rings (SSSR count). The van der Waals surface area contributed by atoms with Crippen LogP contribution in [0.1, 0.15) is 38.2 Å². The van der Waals surface area contributed by atoms with Gasteiger partial charge in [0.05, 0.1) is 12.8 Å². The predicted octanol–water partition coefficient (Wildman–Crippen LogP) is 3.08. The monoisotopic (exact) mass is 262 g/mol. The van der Waals surface area contributed by atoms with Gasteiger partial charge in [-0.1, -0.05) is 19.4 Å². The molecule has 1 atom stereocenters. The minimum absolute atomic E-state index is 0.741. The number of likely N-dealkylation sites (tertiary alicyclic amines) is 1. The lowest BCUT2D eigenvalue weighted by molar-refractivity contribution is 0.146. The first-order chi connectivity index (χ1) is 9.24. The number of benzene rings is 1. The van der Waals surface area contributed by atoms with Gasteiger partial charge in [0.1, 0.15) is 5.75 Å². The fourth-order valence-corrected chi connectivity index (χ4v) is 3.03. The molecule has 1 heterocycles. The zero-order chi connectivity index (χ0) is 13.7. The molecule has 19 heavy (non-hydrogen) atoms. The van der Waals surface area contributed by atoms with Gasteiger partial charge in [0, 0.05) is 12.6 Å². The number of nitrogens with zero attached hydrogens (tertiary/aromatic N) is 1. The van der Waals surface area contributed by atoms with Crippen molar-refractivity contribution in [3.63, 3.8) is 0 Å². The average Bonchev–Trinajstić information content (AvgIpc) is 2.45. The number of rotatable bonds is 5. The first-order valence-corrected chi connectivity index (χ1v) is 7.41. The van der Waals surface area contributed by atoms with E-state index >= 15 is 0 Å². The van der Waals surface area contributed by atoms with Crippen LogP contribution in [0.2, 0.25) is 0 Å². The largest absolute Gasteiger partial charge is 0.495 e. The summed E-state index contributed by atoms with van der Waals surface area (Å²) in [5.41, 5.74) is 8.00. The van der Waals surface area contributed by atoms with E-state index in [1.807, 2.05) is 12.1 Å². The molecule has 0 aliphatic carbocycles. The summed E-state index contributed by atoms with van der Waals surface area (Å²) in [4.78, 5) is 2.64. The lowest BCUT2D eigenvalue weighted by Crippen LogP contribution is -2.40. The SMILES string of the molecule is CCC1CCCCN1CCc1ccc(OC)c(N)c1. The van der Waals surface area contributed by atoms with E-state index in [-0.39, 0.29) is 0 Å². The molecule has 1 aromatic carbocycles. The Morgan fingerprint density at radius 1 is 1.37 bits per heavy atom. The number of hydrogen-bond acceptors (Lipinski definition) is 3. The normalized spacial score (nSPS) is 20.4. The average molecular weight is 262 g/mol. The van der Waals surface area contributed by atoms with Crippen LogP contribution in [-0.2, 0) is 6.42 Å². The van der Waals surface area contributed by atoms with Crippen molar-refractivity contribution in [2.45, 2.75) is 45.1 Å². The highest BCUT2D eigenvalue weighted by atomic mass is 16.5. The van der Waals surface area contributed by atoms with Crippen LogP contribution in [0, 0.1) is 0 Å². The van der Waals surface area contributed by atoms with Crippen LogP contribution in [0.3, 0.4) is 0 Å². The summed E-state index contributed by atoms with van der Waals surface area (Å²) < 4.78 is 5.19. The van der Waals surface area contributed by atoms with Crippen molar-refractivity contribution in [1.29, 1.82) is 0 Å². The second-order valence-corrected chi connectivity index (χ2v) is 5.42. The Hall–Kier alpha value is -1.22. The highest BCUT2D eigenvalue weighted by molar-refractivity contribution is 5.54. The topological polar surface area (TPSA) is 38.5 Å². The minimum Gasteiger partial charge on any atom is -0.495 e. The van der Waals surface area contributed by atoms with E-state index in [2.05, 4.69) is 17.9 Å². The molecule has 1 saturated heterocycles. The fraction of sp³-hybridized carbons (Fsp3) is 0.625. The van der Waals surface area contributed by atoms with Crippen LogP contribution in [0.5, 0.6) is 5.75 Å². The van der Waals surface area contributed by atoms with E-state index in [4.69, 9.17) is 10.5 Å². The minimum atomic E-state index is 0.741. The van der Waals surface area contributed by atoms with Gasteiger partial charge in [-0.15, -0.1) is 0 Å². The molecule has 0 radical (unpaired) electrons. The molecule has 0 aromatic heterocycles. The number of piperidine rings is 1. The first kappa shape index (κ1) is 14.2. The van der Waals surface area contributed by atoms with E-state index in [9.17, 15) is 0 Å². The number of nitrogen functional groups attached to an aromatic ring is 1. The van der Waals surface area contributed by atoms with Gasteiger partial charge < -0.3 is 15.4 Å². The second-order valence-electron chi connectivity index (χ2n) is 5.42. The molecule has 1 fully saturated rings. The maximum absolute atomic E-state index is 5.96. The van der Waals surface area contributed by atoms with Crippen molar-refractivity contribution in [3.05, 3.63) is 23.8 Å². The smallest absolute Gasteiger partial charge is 0.141 e. The number of hydrogen-bond donors (Lipinski definition) is 1. The predicted molar refractivity (Wildman–Crippen MR) is 80.6 cm³/mol. The molecule has 2 N–H and O–H groups in total. The standard InChI is InChI=1S/C16H26N2O/c1-3-14-6-4-5-10-18(14)11-9-13-7-8-16(19-2)15(17)12-13/h7-8,12,14H,3-6,9-11,17H2,1-2H3. The van der Waals surface area contributed by atoms with Crippen molar-refractivity contribution in [3.8, 4) is 5.75 Å². The summed E-state index contributed by atoms with van der Waals surface area (Å²) in [5.74, 6) is 0.771. The highest BCUT2D eigenvalue weighted by Crippen LogP contribution is 2.23. The third-order valence-corrected chi connectivity index (χ3v) is 4.20. The van der Waals surface area contributed by atoms with Crippen molar-refractivity contribution in [2.75, 3.05) is 25.9 Å². The van der Waals surface area contributed by atoms with Crippen LogP contribution in [0.25, 0.3) is 0 Å². The number of nitrogens with two attached hydrogens (primary N) is 1. The van der Waals surface area contributed by atoms with E-state index in [1.165, 1.54) is 37.8 Å². The second kappa shape index (κ2) is 6.80. The molecular formula is C16H26N2O. The van der Waals surface area contributed by atoms with Gasteiger partial charge in [-0.3, -0.25) is 0 Å². The van der Waals surface area contributed by atoms with Crippen LogP contribution in [0.15, 0.2) is 18.2 Å². The molecule has 0 bridgehead atoms. The lowest BCUT2D eigenvalue weighted by Gasteiger charge is -2.35. The third kappa shape index (κ3) is 3.63. The van der Waals surface area contributed by atoms with Crippen LogP contribution in [0.4, 0.5) is 5.69 Å². The number of ether oxygens (including phenoxy) is 1. The zero-order valence-corrected chi connectivity index (χ0v) is 12.2. The summed E-state index contributed by atoms with van der Waals surface area (Å²) in [6, 6.07) is 6.92. The van der Waals surface area contributed by atoms with Gasteiger partial charge in [0.25, 0.3) is 0 Å². The van der Waals surface area contributed by atoms with E-state index in [1.54, 1.807) is 7.11 Å². The van der Waals surface area contributed by atoms with Gasteiger partial charge in [0.15, 0.2) is 0 Å². The first-order valence-electron chi connectivity index (χ1n) is 7.41. The van der Waals surface area contributed by atoms with Gasteiger partial charge in [0.2, 0.25) is 0 Å². The summed E-state index contributed by atoms with van der Waals surface area (Å²) >= 11 is 0. The molecule has 3 nitrogen and oxygen atoms in total. The summed E-state index contributed by atoms with van der Waals surface area (Å²) in [7, 11) is 1.66. The van der Waals surface area contributed by atoms with Crippen molar-refractivity contribution in [1.82, 2.24) is 4.90 Å². The van der Waals surface area contributed by atoms with Gasteiger partial charge >= 0.3 is 0 Å². The maximum atomic E-state index is 5.96. The molecule has 106 valence electrons. The number of methoxy groups -OCH3 is 1. The molecule has 1 aliphatic rings. The van der Waals surface area contributed by atoms with E-state index in [0.29, 0.717) is 0 Å². The Morgan fingerprint density at radius 3 is 2.89 bits per heavy atom. The molecule has 0 saturated carbocycles.